The van der Waals surface area contributed by atoms with Gasteiger partial charge < -0.3 is 4.90 Å². The van der Waals surface area contributed by atoms with Crippen LogP contribution in [0.15, 0.2) is 36.4 Å². The number of nitrogens with zero attached hydrogens (tertiary/aromatic N) is 1. The highest BCUT2D eigenvalue weighted by Gasteiger charge is 2.37. The van der Waals surface area contributed by atoms with Crippen LogP contribution in [0.2, 0.25) is 0 Å². The lowest BCUT2D eigenvalue weighted by atomic mass is 9.92. The Morgan fingerprint density at radius 3 is 2.59 bits per heavy atom. The van der Waals surface area contributed by atoms with Crippen LogP contribution in [0.5, 0.6) is 0 Å². The van der Waals surface area contributed by atoms with Crippen LogP contribution in [0.1, 0.15) is 43.0 Å². The van der Waals surface area contributed by atoms with Crippen LogP contribution in [0.25, 0.3) is 0 Å². The van der Waals surface area contributed by atoms with Gasteiger partial charge in [0.05, 0.1) is 0 Å². The van der Waals surface area contributed by atoms with E-state index in [1.165, 1.54) is 25.0 Å². The van der Waals surface area contributed by atoms with Crippen molar-refractivity contribution in [1.29, 1.82) is 0 Å². The van der Waals surface area contributed by atoms with E-state index in [4.69, 9.17) is 0 Å². The fourth-order valence-electron chi connectivity index (χ4n) is 3.79. The van der Waals surface area contributed by atoms with E-state index >= 15 is 0 Å². The lowest BCUT2D eigenvalue weighted by Gasteiger charge is -2.29. The molecule has 0 aromatic heterocycles. The molecule has 3 unspecified atom stereocenters. The number of hydrogen-bond donors (Lipinski definition) is 0. The summed E-state index contributed by atoms with van der Waals surface area (Å²) >= 11 is 0. The van der Waals surface area contributed by atoms with Crippen LogP contribution < -0.4 is 0 Å². The second kappa shape index (κ2) is 6.64. The molecule has 22 heavy (non-hydrogen) atoms. The van der Waals surface area contributed by atoms with Gasteiger partial charge in [0, 0.05) is 18.7 Å². The van der Waals surface area contributed by atoms with Crippen LogP contribution in [-0.4, -0.2) is 23.9 Å². The van der Waals surface area contributed by atoms with Gasteiger partial charge in [-0.05, 0) is 61.3 Å². The Hall–Kier alpha value is -1.64. The lowest BCUT2D eigenvalue weighted by Crippen LogP contribution is -2.37. The molecule has 0 N–H and O–H groups in total. The summed E-state index contributed by atoms with van der Waals surface area (Å²) in [6.07, 6.45) is 9.23. The Kier molecular flexibility index (Phi) is 4.60. The molecule has 0 saturated heterocycles. The fourth-order valence-corrected chi connectivity index (χ4v) is 3.79. The number of carbonyl (C=O) groups is 1. The number of allylic oxidation sites excluding steroid dienone is 2. The molecular weight excluding hydrogens is 277 g/mol. The number of halogens is 1. The minimum Gasteiger partial charge on any atom is -0.338 e. The Bertz CT molecular complexity index is 551. The van der Waals surface area contributed by atoms with Crippen molar-refractivity contribution in [3.05, 3.63) is 47.8 Å². The van der Waals surface area contributed by atoms with Crippen molar-refractivity contribution in [3.8, 4) is 0 Å². The van der Waals surface area contributed by atoms with E-state index in [-0.39, 0.29) is 11.7 Å². The van der Waals surface area contributed by atoms with E-state index < -0.39 is 0 Å². The zero-order valence-corrected chi connectivity index (χ0v) is 13.2. The lowest BCUT2D eigenvalue weighted by molar-refractivity contribution is 0.0716. The van der Waals surface area contributed by atoms with Gasteiger partial charge in [-0.3, -0.25) is 4.79 Å². The van der Waals surface area contributed by atoms with Crippen molar-refractivity contribution in [2.45, 2.75) is 32.6 Å². The van der Waals surface area contributed by atoms with E-state index in [1.54, 1.807) is 12.1 Å². The van der Waals surface area contributed by atoms with Crippen LogP contribution in [0, 0.1) is 23.6 Å². The van der Waals surface area contributed by atoms with Crippen molar-refractivity contribution < 1.29 is 9.18 Å². The third-order valence-corrected chi connectivity index (χ3v) is 5.03. The number of amides is 1. The molecule has 2 nitrogen and oxygen atoms in total. The highest BCUT2D eigenvalue weighted by atomic mass is 19.1. The van der Waals surface area contributed by atoms with E-state index in [1.807, 2.05) is 4.90 Å². The van der Waals surface area contributed by atoms with E-state index in [0.29, 0.717) is 17.4 Å². The summed E-state index contributed by atoms with van der Waals surface area (Å²) in [5.41, 5.74) is 0.594. The molecule has 0 heterocycles. The minimum absolute atomic E-state index is 0.0419. The standard InChI is InChI=1S/C19H24FNO/c1-2-3-10-21(13-17-12-14-4-5-16(17)11-14)19(22)15-6-8-18(20)9-7-15/h4-9,14,16-17H,2-3,10-13H2,1H3. The topological polar surface area (TPSA) is 20.3 Å². The number of unbranched alkanes of at least 4 members (excludes halogenated alkanes) is 1. The zero-order chi connectivity index (χ0) is 15.5. The zero-order valence-electron chi connectivity index (χ0n) is 13.2. The molecule has 2 bridgehead atoms. The van der Waals surface area contributed by atoms with Crippen molar-refractivity contribution in [1.82, 2.24) is 4.90 Å². The van der Waals surface area contributed by atoms with Crippen LogP contribution >= 0.6 is 0 Å². The normalized spacial score (nSPS) is 25.6. The van der Waals surface area contributed by atoms with Crippen molar-refractivity contribution in [2.75, 3.05) is 13.1 Å². The van der Waals surface area contributed by atoms with Gasteiger partial charge in [-0.15, -0.1) is 0 Å². The Labute approximate surface area is 132 Å². The third kappa shape index (κ3) is 3.23. The molecule has 2 aliphatic carbocycles. The van der Waals surface area contributed by atoms with Crippen molar-refractivity contribution in [2.24, 2.45) is 17.8 Å². The van der Waals surface area contributed by atoms with Gasteiger partial charge in [-0.2, -0.15) is 0 Å². The number of fused-ring (bicyclic) bond motifs is 2. The molecule has 3 heteroatoms. The SMILES string of the molecule is CCCCN(CC1CC2C=CC1C2)C(=O)c1ccc(F)cc1. The van der Waals surface area contributed by atoms with Gasteiger partial charge in [0.1, 0.15) is 5.82 Å². The highest BCUT2D eigenvalue weighted by Crippen LogP contribution is 2.43. The average Bonchev–Trinajstić information content (AvgIpc) is 3.14. The maximum Gasteiger partial charge on any atom is 0.253 e. The van der Waals surface area contributed by atoms with Gasteiger partial charge in [0.15, 0.2) is 0 Å². The molecule has 0 radical (unpaired) electrons. The molecule has 1 aromatic rings. The Morgan fingerprint density at radius 1 is 1.23 bits per heavy atom. The van der Waals surface area contributed by atoms with Gasteiger partial charge in [-0.1, -0.05) is 25.5 Å². The van der Waals surface area contributed by atoms with Gasteiger partial charge >= 0.3 is 0 Å². The summed E-state index contributed by atoms with van der Waals surface area (Å²) in [4.78, 5) is 14.7. The van der Waals surface area contributed by atoms with E-state index in [2.05, 4.69) is 19.1 Å². The molecule has 1 fully saturated rings. The average molecular weight is 301 g/mol. The first-order valence-corrected chi connectivity index (χ1v) is 8.40. The summed E-state index contributed by atoms with van der Waals surface area (Å²) in [6.45, 7) is 3.77. The smallest absolute Gasteiger partial charge is 0.253 e. The van der Waals surface area contributed by atoms with Crippen molar-refractivity contribution in [3.63, 3.8) is 0 Å². The molecule has 0 spiro atoms. The van der Waals surface area contributed by atoms with Gasteiger partial charge in [-0.25, -0.2) is 4.39 Å². The summed E-state index contributed by atoms with van der Waals surface area (Å²) < 4.78 is 13.1. The number of carbonyl (C=O) groups excluding carboxylic acids is 1. The number of hydrogen-bond acceptors (Lipinski definition) is 1. The van der Waals surface area contributed by atoms with E-state index in [0.717, 1.165) is 31.8 Å². The molecule has 2 aliphatic rings. The van der Waals surface area contributed by atoms with Crippen LogP contribution in [-0.2, 0) is 0 Å². The molecule has 3 rings (SSSR count). The van der Waals surface area contributed by atoms with Crippen LogP contribution in [0.4, 0.5) is 4.39 Å². The monoisotopic (exact) mass is 301 g/mol. The first-order chi connectivity index (χ1) is 10.7. The quantitative estimate of drug-likeness (QED) is 0.718. The van der Waals surface area contributed by atoms with Crippen LogP contribution in [0.3, 0.4) is 0 Å². The highest BCUT2D eigenvalue weighted by molar-refractivity contribution is 5.94. The molecule has 1 saturated carbocycles. The summed E-state index contributed by atoms with van der Waals surface area (Å²) in [7, 11) is 0. The molecule has 0 aliphatic heterocycles. The number of rotatable bonds is 6. The summed E-state index contributed by atoms with van der Waals surface area (Å²) in [6, 6.07) is 5.92. The second-order valence-corrected chi connectivity index (χ2v) is 6.65. The predicted molar refractivity (Wildman–Crippen MR) is 86.1 cm³/mol. The predicted octanol–water partition coefficient (Wildman–Crippen LogP) is 4.28. The largest absolute Gasteiger partial charge is 0.338 e. The second-order valence-electron chi connectivity index (χ2n) is 6.65. The van der Waals surface area contributed by atoms with Gasteiger partial charge in [0.2, 0.25) is 0 Å². The molecular formula is C19H24FNO. The first-order valence-electron chi connectivity index (χ1n) is 8.40. The third-order valence-electron chi connectivity index (χ3n) is 5.03. The molecule has 1 aromatic carbocycles. The molecule has 118 valence electrons. The maximum absolute atomic E-state index is 13.1. The number of benzene rings is 1. The Balaban J connectivity index is 1.69. The first kappa shape index (κ1) is 15.3. The maximum atomic E-state index is 13.1. The van der Waals surface area contributed by atoms with E-state index in [9.17, 15) is 9.18 Å². The summed E-state index contributed by atoms with van der Waals surface area (Å²) in [5.74, 6) is 1.71. The van der Waals surface area contributed by atoms with Crippen molar-refractivity contribution >= 4 is 5.91 Å². The minimum atomic E-state index is -0.296. The molecule has 3 atom stereocenters. The molecule has 1 amide bonds. The fraction of sp³-hybridized carbons (Fsp3) is 0.526. The summed E-state index contributed by atoms with van der Waals surface area (Å²) in [5, 5.41) is 0. The Morgan fingerprint density at radius 2 is 2.00 bits per heavy atom. The van der Waals surface area contributed by atoms with Gasteiger partial charge in [0.25, 0.3) is 5.91 Å².